The quantitative estimate of drug-likeness (QED) is 0.427. The van der Waals surface area contributed by atoms with Crippen LogP contribution < -0.4 is 21.3 Å². The van der Waals surface area contributed by atoms with E-state index >= 15 is 0 Å². The molecule has 0 saturated carbocycles. The first kappa shape index (κ1) is 26.2. The van der Waals surface area contributed by atoms with Crippen LogP contribution in [-0.4, -0.2) is 29.9 Å². The Labute approximate surface area is 222 Å². The molecule has 8 heteroatoms. The van der Waals surface area contributed by atoms with Crippen LogP contribution in [0, 0.1) is 5.41 Å². The number of nitrogens with zero attached hydrogens (tertiary/aromatic N) is 1. The Balaban J connectivity index is 1.79. The maximum absolute atomic E-state index is 14.2. The zero-order valence-electron chi connectivity index (χ0n) is 21.1. The lowest BCUT2D eigenvalue weighted by atomic mass is 9.84. The van der Waals surface area contributed by atoms with E-state index in [0.29, 0.717) is 22.8 Å². The standard InChI is InChI=1S/C29H31ClN4O3/c1-29(2,3)25(26(31)35)34-24-15-8-7-14-21(24)22(18-10-5-4-6-11-18)17-23(27(34)36)33-28(37)32-20-13-9-12-19(30)16-20/h4-16,22-23,25H,17H2,1-3H3,(H2,31,35)(H2,32,33,37). The summed E-state index contributed by atoms with van der Waals surface area (Å²) >= 11 is 6.05. The SMILES string of the molecule is CC(C)(C)C(C(N)=O)N1C(=O)C(NC(=O)Nc2cccc(Cl)c2)CC(c2ccccc2)c2ccccc21. The minimum atomic E-state index is -0.934. The van der Waals surface area contributed by atoms with E-state index in [4.69, 9.17) is 17.3 Å². The molecule has 0 radical (unpaired) electrons. The molecule has 4 rings (SSSR count). The van der Waals surface area contributed by atoms with Crippen molar-refractivity contribution in [1.29, 1.82) is 0 Å². The number of urea groups is 1. The number of halogens is 1. The third-order valence-corrected chi connectivity index (χ3v) is 6.75. The predicted octanol–water partition coefficient (Wildman–Crippen LogP) is 5.30. The lowest BCUT2D eigenvalue weighted by molar-refractivity contribution is -0.127. The fraction of sp³-hybridized carbons (Fsp3) is 0.276. The van der Waals surface area contributed by atoms with Gasteiger partial charge in [-0.05, 0) is 47.2 Å². The molecule has 0 bridgehead atoms. The Bertz CT molecular complexity index is 1310. The summed E-state index contributed by atoms with van der Waals surface area (Å²) in [5.41, 5.74) is 8.22. The molecule has 3 aromatic carbocycles. The molecule has 7 nitrogen and oxygen atoms in total. The van der Waals surface area contributed by atoms with Crippen molar-refractivity contribution in [3.05, 3.63) is 95.0 Å². The Morgan fingerprint density at radius 1 is 1.00 bits per heavy atom. The fourth-order valence-corrected chi connectivity index (χ4v) is 5.16. The molecule has 3 aromatic rings. The van der Waals surface area contributed by atoms with Crippen LogP contribution in [0.15, 0.2) is 78.9 Å². The predicted molar refractivity (Wildman–Crippen MR) is 147 cm³/mol. The molecule has 1 heterocycles. The topological polar surface area (TPSA) is 105 Å². The smallest absolute Gasteiger partial charge is 0.319 e. The number of rotatable bonds is 5. The first-order chi connectivity index (χ1) is 17.6. The molecule has 0 aromatic heterocycles. The molecule has 0 aliphatic carbocycles. The van der Waals surface area contributed by atoms with Crippen LogP contribution in [0.3, 0.4) is 0 Å². The van der Waals surface area contributed by atoms with Crippen LogP contribution in [-0.2, 0) is 9.59 Å². The van der Waals surface area contributed by atoms with E-state index in [-0.39, 0.29) is 5.92 Å². The number of primary amides is 1. The molecule has 3 unspecified atom stereocenters. The van der Waals surface area contributed by atoms with E-state index in [1.165, 1.54) is 4.90 Å². The highest BCUT2D eigenvalue weighted by molar-refractivity contribution is 6.30. The normalized spacial score (nSPS) is 18.4. The first-order valence-corrected chi connectivity index (χ1v) is 12.5. The number of anilines is 2. The molecule has 0 spiro atoms. The highest BCUT2D eigenvalue weighted by Crippen LogP contribution is 2.42. The minimum Gasteiger partial charge on any atom is -0.368 e. The summed E-state index contributed by atoms with van der Waals surface area (Å²) in [6.45, 7) is 5.60. The summed E-state index contributed by atoms with van der Waals surface area (Å²) < 4.78 is 0. The summed E-state index contributed by atoms with van der Waals surface area (Å²) in [5.74, 6) is -1.22. The summed E-state index contributed by atoms with van der Waals surface area (Å²) in [5, 5.41) is 6.07. The summed E-state index contributed by atoms with van der Waals surface area (Å²) in [6, 6.07) is 21.7. The molecular formula is C29H31ClN4O3. The first-order valence-electron chi connectivity index (χ1n) is 12.2. The third-order valence-electron chi connectivity index (χ3n) is 6.52. The number of hydrogen-bond donors (Lipinski definition) is 3. The van der Waals surface area contributed by atoms with Crippen LogP contribution in [0.4, 0.5) is 16.2 Å². The molecule has 0 fully saturated rings. The molecule has 192 valence electrons. The van der Waals surface area contributed by atoms with Gasteiger partial charge in [-0.2, -0.15) is 0 Å². The maximum atomic E-state index is 14.2. The second kappa shape index (κ2) is 10.6. The average Bonchev–Trinajstić information content (AvgIpc) is 2.94. The Morgan fingerprint density at radius 3 is 2.32 bits per heavy atom. The van der Waals surface area contributed by atoms with Crippen LogP contribution in [0.5, 0.6) is 0 Å². The van der Waals surface area contributed by atoms with Crippen molar-refractivity contribution in [1.82, 2.24) is 5.32 Å². The largest absolute Gasteiger partial charge is 0.368 e. The number of hydrogen-bond acceptors (Lipinski definition) is 3. The van der Waals surface area contributed by atoms with E-state index in [0.717, 1.165) is 11.1 Å². The van der Waals surface area contributed by atoms with Gasteiger partial charge in [0.2, 0.25) is 11.8 Å². The molecule has 1 aliphatic heterocycles. The molecule has 4 N–H and O–H groups in total. The second-order valence-electron chi connectivity index (χ2n) is 10.3. The number of para-hydroxylation sites is 1. The third kappa shape index (κ3) is 5.78. The van der Waals surface area contributed by atoms with Gasteiger partial charge in [0, 0.05) is 22.3 Å². The monoisotopic (exact) mass is 518 g/mol. The summed E-state index contributed by atoms with van der Waals surface area (Å²) in [6.07, 6.45) is 0.301. The van der Waals surface area contributed by atoms with Crippen molar-refractivity contribution in [2.24, 2.45) is 11.1 Å². The number of amides is 4. The van der Waals surface area contributed by atoms with Gasteiger partial charge in [-0.3, -0.25) is 14.5 Å². The van der Waals surface area contributed by atoms with Gasteiger partial charge in [0.25, 0.3) is 0 Å². The number of fused-ring (bicyclic) bond motifs is 1. The average molecular weight is 519 g/mol. The molecule has 1 aliphatic rings. The van der Waals surface area contributed by atoms with Gasteiger partial charge in [-0.25, -0.2) is 4.79 Å². The van der Waals surface area contributed by atoms with Crippen LogP contribution >= 0.6 is 11.6 Å². The molecule has 4 amide bonds. The van der Waals surface area contributed by atoms with Gasteiger partial charge in [0.1, 0.15) is 12.1 Å². The van der Waals surface area contributed by atoms with Gasteiger partial charge in [0.05, 0.1) is 0 Å². The van der Waals surface area contributed by atoms with Crippen molar-refractivity contribution in [2.75, 3.05) is 10.2 Å². The van der Waals surface area contributed by atoms with Gasteiger partial charge in [-0.15, -0.1) is 0 Å². The van der Waals surface area contributed by atoms with E-state index in [1.54, 1.807) is 24.3 Å². The fourth-order valence-electron chi connectivity index (χ4n) is 4.97. The number of carbonyl (C=O) groups excluding carboxylic acids is 3. The van der Waals surface area contributed by atoms with Gasteiger partial charge in [-0.1, -0.05) is 87.0 Å². The van der Waals surface area contributed by atoms with Gasteiger partial charge < -0.3 is 16.4 Å². The highest BCUT2D eigenvalue weighted by atomic mass is 35.5. The highest BCUT2D eigenvalue weighted by Gasteiger charge is 2.45. The van der Waals surface area contributed by atoms with Gasteiger partial charge in [0.15, 0.2) is 0 Å². The maximum Gasteiger partial charge on any atom is 0.319 e. The van der Waals surface area contributed by atoms with E-state index in [1.807, 2.05) is 75.4 Å². The van der Waals surface area contributed by atoms with Crippen molar-refractivity contribution < 1.29 is 14.4 Å². The number of benzene rings is 3. The number of nitrogens with two attached hydrogens (primary N) is 1. The molecule has 37 heavy (non-hydrogen) atoms. The van der Waals surface area contributed by atoms with Crippen LogP contribution in [0.1, 0.15) is 44.2 Å². The minimum absolute atomic E-state index is 0.212. The molecule has 0 saturated heterocycles. The molecular weight excluding hydrogens is 488 g/mol. The van der Waals surface area contributed by atoms with Crippen molar-refractivity contribution >= 4 is 40.8 Å². The van der Waals surface area contributed by atoms with Crippen molar-refractivity contribution in [2.45, 2.75) is 45.2 Å². The summed E-state index contributed by atoms with van der Waals surface area (Å²) in [7, 11) is 0. The van der Waals surface area contributed by atoms with E-state index < -0.39 is 35.3 Å². The Morgan fingerprint density at radius 2 is 1.68 bits per heavy atom. The zero-order valence-corrected chi connectivity index (χ0v) is 21.8. The van der Waals surface area contributed by atoms with Crippen LogP contribution in [0.25, 0.3) is 0 Å². The van der Waals surface area contributed by atoms with Crippen molar-refractivity contribution in [3.8, 4) is 0 Å². The Kier molecular flexibility index (Phi) is 7.55. The van der Waals surface area contributed by atoms with Gasteiger partial charge >= 0.3 is 6.03 Å². The molecule has 3 atom stereocenters. The van der Waals surface area contributed by atoms with E-state index in [2.05, 4.69) is 10.6 Å². The second-order valence-corrected chi connectivity index (χ2v) is 10.7. The summed E-state index contributed by atoms with van der Waals surface area (Å²) in [4.78, 5) is 41.5. The van der Waals surface area contributed by atoms with Crippen LogP contribution in [0.2, 0.25) is 5.02 Å². The van der Waals surface area contributed by atoms with E-state index in [9.17, 15) is 14.4 Å². The van der Waals surface area contributed by atoms with Crippen molar-refractivity contribution in [3.63, 3.8) is 0 Å². The lowest BCUT2D eigenvalue weighted by Gasteiger charge is -2.39. The number of nitrogens with one attached hydrogen (secondary N) is 2. The number of carbonyl (C=O) groups is 3. The lowest BCUT2D eigenvalue weighted by Crippen LogP contribution is -2.59. The Hall–Kier alpha value is -3.84. The zero-order chi connectivity index (χ0) is 26.7.